The van der Waals surface area contributed by atoms with Gasteiger partial charge in [0, 0.05) is 54.0 Å². The Balaban J connectivity index is 1.99. The van der Waals surface area contributed by atoms with Crippen LogP contribution in [0.4, 0.5) is 13.2 Å². The monoisotopic (exact) mass is 394 g/mol. The highest BCUT2D eigenvalue weighted by molar-refractivity contribution is 5.79. The summed E-state index contributed by atoms with van der Waals surface area (Å²) >= 11 is 0. The molecule has 0 fully saturated rings. The molecule has 0 saturated heterocycles. The van der Waals surface area contributed by atoms with Crippen molar-refractivity contribution in [3.8, 4) is 22.4 Å². The van der Waals surface area contributed by atoms with Gasteiger partial charge >= 0.3 is 0 Å². The summed E-state index contributed by atoms with van der Waals surface area (Å²) in [5.74, 6) is -1.81. The number of aliphatic hydroxyl groups excluding tert-OH is 1. The summed E-state index contributed by atoms with van der Waals surface area (Å²) < 4.78 is 43.2. The summed E-state index contributed by atoms with van der Waals surface area (Å²) in [7, 11) is 1.75. The van der Waals surface area contributed by atoms with Gasteiger partial charge in [0.1, 0.15) is 23.6 Å². The van der Waals surface area contributed by atoms with Crippen molar-refractivity contribution in [2.45, 2.75) is 6.10 Å². The third kappa shape index (κ3) is 3.54. The summed E-state index contributed by atoms with van der Waals surface area (Å²) in [5, 5.41) is 11.2. The van der Waals surface area contributed by atoms with E-state index in [4.69, 9.17) is 0 Å². The highest BCUT2D eigenvalue weighted by atomic mass is 19.1. The molecule has 29 heavy (non-hydrogen) atoms. The molecule has 3 nitrogen and oxygen atoms in total. The minimum absolute atomic E-state index is 0.160. The molecule has 2 heterocycles. The smallest absolute Gasteiger partial charge is 0.134 e. The maximum atomic E-state index is 14.6. The first kappa shape index (κ1) is 19.0. The number of halogens is 3. The standard InChI is InChI=1S/C23H17F3N2O/c1-28-13-19(18-9-8-17(25)11-20(18)26)21(23(29)15-3-2-10-27-12-15)22(28)14-4-6-16(24)7-5-14/h2-13,23,29H,1H3. The minimum Gasteiger partial charge on any atom is -0.383 e. The Hall–Kier alpha value is -3.38. The SMILES string of the molecule is Cn1cc(-c2ccc(F)cc2F)c(C(O)c2cccnc2)c1-c1ccc(F)cc1. The fraction of sp³-hybridized carbons (Fsp3) is 0.0870. The zero-order valence-electron chi connectivity index (χ0n) is 15.5. The van der Waals surface area contributed by atoms with E-state index in [2.05, 4.69) is 4.98 Å². The molecular weight excluding hydrogens is 377 g/mol. The van der Waals surface area contributed by atoms with E-state index in [1.54, 1.807) is 48.3 Å². The van der Waals surface area contributed by atoms with Crippen LogP contribution in [0.15, 0.2) is 73.2 Å². The molecule has 2 aromatic carbocycles. The van der Waals surface area contributed by atoms with Gasteiger partial charge in [-0.15, -0.1) is 0 Å². The zero-order valence-corrected chi connectivity index (χ0v) is 15.5. The molecule has 0 aliphatic rings. The molecule has 0 spiro atoms. The third-order valence-electron chi connectivity index (χ3n) is 4.83. The molecule has 0 bridgehead atoms. The zero-order chi connectivity index (χ0) is 20.5. The lowest BCUT2D eigenvalue weighted by atomic mass is 9.93. The van der Waals surface area contributed by atoms with Gasteiger partial charge in [-0.3, -0.25) is 4.98 Å². The first-order valence-corrected chi connectivity index (χ1v) is 8.94. The van der Waals surface area contributed by atoms with Crippen molar-refractivity contribution < 1.29 is 18.3 Å². The van der Waals surface area contributed by atoms with E-state index >= 15 is 0 Å². The lowest BCUT2D eigenvalue weighted by Crippen LogP contribution is -2.04. The average Bonchev–Trinajstić information content (AvgIpc) is 3.05. The molecule has 0 aliphatic carbocycles. The molecule has 0 aliphatic heterocycles. The van der Waals surface area contributed by atoms with E-state index in [0.717, 1.165) is 6.07 Å². The molecule has 0 saturated carbocycles. The Morgan fingerprint density at radius 2 is 1.66 bits per heavy atom. The van der Waals surface area contributed by atoms with Crippen LogP contribution in [0, 0.1) is 17.5 Å². The van der Waals surface area contributed by atoms with E-state index in [0.29, 0.717) is 27.9 Å². The predicted octanol–water partition coefficient (Wildman–Crippen LogP) is 5.25. The number of nitrogens with zero attached hydrogens (tertiary/aromatic N) is 2. The van der Waals surface area contributed by atoms with Crippen LogP contribution in [0.2, 0.25) is 0 Å². The van der Waals surface area contributed by atoms with E-state index in [1.165, 1.54) is 30.5 Å². The second-order valence-corrected chi connectivity index (χ2v) is 6.74. The Kier molecular flexibility index (Phi) is 4.94. The number of aryl methyl sites for hydroxylation is 1. The number of hydrogen-bond donors (Lipinski definition) is 1. The molecule has 4 rings (SSSR count). The number of pyridine rings is 1. The number of aliphatic hydroxyl groups is 1. The Morgan fingerprint density at radius 3 is 2.31 bits per heavy atom. The number of hydrogen-bond acceptors (Lipinski definition) is 2. The quantitative estimate of drug-likeness (QED) is 0.513. The summed E-state index contributed by atoms with van der Waals surface area (Å²) in [5.41, 5.74) is 2.78. The van der Waals surface area contributed by atoms with Crippen LogP contribution in [0.1, 0.15) is 17.2 Å². The van der Waals surface area contributed by atoms with Crippen molar-refractivity contribution in [3.63, 3.8) is 0 Å². The number of benzene rings is 2. The van der Waals surface area contributed by atoms with Gasteiger partial charge in [0.15, 0.2) is 0 Å². The number of aromatic nitrogens is 2. The fourth-order valence-corrected chi connectivity index (χ4v) is 3.52. The van der Waals surface area contributed by atoms with Gasteiger partial charge in [-0.05, 0) is 48.0 Å². The molecular formula is C23H17F3N2O. The summed E-state index contributed by atoms with van der Waals surface area (Å²) in [4.78, 5) is 4.04. The number of rotatable bonds is 4. The average molecular weight is 394 g/mol. The summed E-state index contributed by atoms with van der Waals surface area (Å²) in [6.45, 7) is 0. The van der Waals surface area contributed by atoms with Crippen LogP contribution in [-0.2, 0) is 7.05 Å². The Morgan fingerprint density at radius 1 is 0.931 bits per heavy atom. The molecule has 1 N–H and O–H groups in total. The third-order valence-corrected chi connectivity index (χ3v) is 4.83. The molecule has 146 valence electrons. The van der Waals surface area contributed by atoms with Crippen molar-refractivity contribution >= 4 is 0 Å². The van der Waals surface area contributed by atoms with Gasteiger partial charge < -0.3 is 9.67 Å². The fourth-order valence-electron chi connectivity index (χ4n) is 3.52. The predicted molar refractivity (Wildman–Crippen MR) is 104 cm³/mol. The lowest BCUT2D eigenvalue weighted by molar-refractivity contribution is 0.221. The van der Waals surface area contributed by atoms with Crippen LogP contribution in [0.25, 0.3) is 22.4 Å². The molecule has 1 unspecified atom stereocenters. The highest BCUT2D eigenvalue weighted by Crippen LogP contribution is 2.41. The van der Waals surface area contributed by atoms with E-state index in [1.807, 2.05) is 0 Å². The highest BCUT2D eigenvalue weighted by Gasteiger charge is 2.26. The van der Waals surface area contributed by atoms with Crippen molar-refractivity contribution in [2.24, 2.45) is 7.05 Å². The van der Waals surface area contributed by atoms with Crippen LogP contribution in [0.5, 0.6) is 0 Å². The second kappa shape index (κ2) is 7.56. The van der Waals surface area contributed by atoms with Gasteiger partial charge in [-0.25, -0.2) is 13.2 Å². The van der Waals surface area contributed by atoms with Gasteiger partial charge in [-0.1, -0.05) is 6.07 Å². The van der Waals surface area contributed by atoms with Gasteiger partial charge in [0.2, 0.25) is 0 Å². The molecule has 0 radical (unpaired) electrons. The summed E-state index contributed by atoms with van der Waals surface area (Å²) in [6.07, 6.45) is 3.66. The molecule has 2 aromatic heterocycles. The first-order chi connectivity index (χ1) is 14.0. The normalized spacial score (nSPS) is 12.2. The van der Waals surface area contributed by atoms with Gasteiger partial charge in [0.25, 0.3) is 0 Å². The van der Waals surface area contributed by atoms with E-state index in [-0.39, 0.29) is 11.4 Å². The van der Waals surface area contributed by atoms with Crippen molar-refractivity contribution in [3.05, 3.63) is 102 Å². The second-order valence-electron chi connectivity index (χ2n) is 6.74. The van der Waals surface area contributed by atoms with Crippen molar-refractivity contribution in [1.82, 2.24) is 9.55 Å². The Bertz CT molecular complexity index is 1150. The van der Waals surface area contributed by atoms with Crippen LogP contribution < -0.4 is 0 Å². The Labute approximate surface area is 165 Å². The molecule has 4 aromatic rings. The first-order valence-electron chi connectivity index (χ1n) is 8.94. The molecule has 1 atom stereocenters. The largest absolute Gasteiger partial charge is 0.383 e. The summed E-state index contributed by atoms with van der Waals surface area (Å²) in [6, 6.07) is 12.5. The topological polar surface area (TPSA) is 38.0 Å². The molecule has 0 amide bonds. The minimum atomic E-state index is -1.12. The van der Waals surface area contributed by atoms with Crippen LogP contribution in [0.3, 0.4) is 0 Å². The maximum Gasteiger partial charge on any atom is 0.134 e. The lowest BCUT2D eigenvalue weighted by Gasteiger charge is -2.16. The van der Waals surface area contributed by atoms with Gasteiger partial charge in [-0.2, -0.15) is 0 Å². The van der Waals surface area contributed by atoms with E-state index < -0.39 is 17.7 Å². The molecule has 6 heteroatoms. The van der Waals surface area contributed by atoms with Crippen molar-refractivity contribution in [2.75, 3.05) is 0 Å². The van der Waals surface area contributed by atoms with Crippen LogP contribution in [-0.4, -0.2) is 14.7 Å². The van der Waals surface area contributed by atoms with Gasteiger partial charge in [0.05, 0.1) is 5.69 Å². The van der Waals surface area contributed by atoms with Crippen LogP contribution >= 0.6 is 0 Å². The maximum absolute atomic E-state index is 14.6. The van der Waals surface area contributed by atoms with E-state index in [9.17, 15) is 18.3 Å². The van der Waals surface area contributed by atoms with Crippen molar-refractivity contribution in [1.29, 1.82) is 0 Å².